The van der Waals surface area contributed by atoms with Gasteiger partial charge < -0.3 is 4.42 Å². The van der Waals surface area contributed by atoms with Gasteiger partial charge in [0.15, 0.2) is 0 Å². The topological polar surface area (TPSA) is 36.9 Å². The van der Waals surface area contributed by atoms with Gasteiger partial charge in [0, 0.05) is 30.9 Å². The molecule has 2 nitrogen and oxygen atoms in total. The van der Waals surface area contributed by atoms with Crippen molar-refractivity contribution in [1.29, 1.82) is 5.26 Å². The molecule has 0 bridgehead atoms. The molecule has 0 amide bonds. The van der Waals surface area contributed by atoms with Gasteiger partial charge in [0.05, 0.1) is 11.6 Å². The summed E-state index contributed by atoms with van der Waals surface area (Å²) < 4.78 is 8.79. The maximum absolute atomic E-state index is 9.90. The van der Waals surface area contributed by atoms with E-state index in [1.165, 1.54) is 25.7 Å². The minimum atomic E-state index is 0.665. The quantitative estimate of drug-likeness (QED) is 0.229. The molecule has 0 aliphatic rings. The van der Waals surface area contributed by atoms with Crippen LogP contribution in [0.5, 0.6) is 0 Å². The first-order chi connectivity index (χ1) is 19.8. The molecule has 0 unspecified atom stereocenters. The lowest BCUT2D eigenvalue weighted by atomic mass is 9.91. The van der Waals surface area contributed by atoms with E-state index in [0.717, 1.165) is 49.8 Å². The molecule has 0 aliphatic heterocycles. The molecule has 2 aromatic heterocycles. The SMILES string of the molecule is N#Cc1ccccc1-c1cc(-c2ccc3c(c2)oc2ccccc23)cc(-c2cccc3c2sc2ccccc23)c1. The molecule has 0 saturated carbocycles. The van der Waals surface area contributed by atoms with E-state index >= 15 is 0 Å². The molecule has 186 valence electrons. The zero-order chi connectivity index (χ0) is 26.6. The van der Waals surface area contributed by atoms with Gasteiger partial charge in [-0.05, 0) is 81.9 Å². The Morgan fingerprint density at radius 2 is 1.18 bits per heavy atom. The molecule has 40 heavy (non-hydrogen) atoms. The van der Waals surface area contributed by atoms with E-state index in [0.29, 0.717) is 5.56 Å². The van der Waals surface area contributed by atoms with Crippen molar-refractivity contribution in [2.24, 2.45) is 0 Å². The molecular weight excluding hydrogens is 506 g/mol. The number of benzene rings is 6. The standard InChI is InChI=1S/C37H21NOS/c38-22-24-8-1-2-9-28(24)26-18-25(23-16-17-31-30-10-3-5-14-34(30)39-35(31)21-23)19-27(20-26)29-12-7-13-33-32-11-4-6-15-36(32)40-37(29)33/h1-21H. The zero-order valence-corrected chi connectivity index (χ0v) is 22.2. The van der Waals surface area contributed by atoms with Crippen LogP contribution in [0.3, 0.4) is 0 Å². The summed E-state index contributed by atoms with van der Waals surface area (Å²) in [5.41, 5.74) is 8.86. The third kappa shape index (κ3) is 3.55. The van der Waals surface area contributed by atoms with Crippen molar-refractivity contribution in [1.82, 2.24) is 0 Å². The monoisotopic (exact) mass is 527 g/mol. The van der Waals surface area contributed by atoms with Gasteiger partial charge in [-0.25, -0.2) is 0 Å². The first kappa shape index (κ1) is 22.8. The summed E-state index contributed by atoms with van der Waals surface area (Å²) in [6.07, 6.45) is 0. The minimum Gasteiger partial charge on any atom is -0.456 e. The Bertz CT molecular complexity index is 2300. The Labute approximate surface area is 235 Å². The van der Waals surface area contributed by atoms with Crippen LogP contribution >= 0.6 is 11.3 Å². The Kier molecular flexibility index (Phi) is 5.10. The lowest BCUT2D eigenvalue weighted by Crippen LogP contribution is -1.89. The van der Waals surface area contributed by atoms with Crippen LogP contribution < -0.4 is 0 Å². The molecule has 0 atom stereocenters. The number of fused-ring (bicyclic) bond motifs is 6. The fourth-order valence-electron chi connectivity index (χ4n) is 5.82. The van der Waals surface area contributed by atoms with Crippen molar-refractivity contribution in [2.45, 2.75) is 0 Å². The van der Waals surface area contributed by atoms with Gasteiger partial charge in [-0.3, -0.25) is 0 Å². The number of hydrogen-bond donors (Lipinski definition) is 0. The fourth-order valence-corrected chi connectivity index (χ4v) is 7.06. The molecule has 0 fully saturated rings. The van der Waals surface area contributed by atoms with Crippen LogP contribution in [0.15, 0.2) is 132 Å². The summed E-state index contributed by atoms with van der Waals surface area (Å²) >= 11 is 1.83. The molecular formula is C37H21NOS. The van der Waals surface area contributed by atoms with Gasteiger partial charge in [0.2, 0.25) is 0 Å². The Hall–Kier alpha value is -5.17. The summed E-state index contributed by atoms with van der Waals surface area (Å²) in [6, 6.07) is 46.7. The highest BCUT2D eigenvalue weighted by molar-refractivity contribution is 7.26. The van der Waals surface area contributed by atoms with Crippen LogP contribution in [0.25, 0.3) is 75.5 Å². The fraction of sp³-hybridized carbons (Fsp3) is 0. The first-order valence-corrected chi connectivity index (χ1v) is 14.1. The average molecular weight is 528 g/mol. The lowest BCUT2D eigenvalue weighted by Gasteiger charge is -2.13. The number of para-hydroxylation sites is 1. The van der Waals surface area contributed by atoms with E-state index in [-0.39, 0.29) is 0 Å². The van der Waals surface area contributed by atoms with Crippen molar-refractivity contribution < 1.29 is 4.42 Å². The first-order valence-electron chi connectivity index (χ1n) is 13.2. The highest BCUT2D eigenvalue weighted by atomic mass is 32.1. The van der Waals surface area contributed by atoms with Crippen LogP contribution in [0.2, 0.25) is 0 Å². The van der Waals surface area contributed by atoms with Crippen LogP contribution in [0, 0.1) is 11.3 Å². The molecule has 0 saturated heterocycles. The largest absolute Gasteiger partial charge is 0.456 e. The zero-order valence-electron chi connectivity index (χ0n) is 21.4. The third-order valence-electron chi connectivity index (χ3n) is 7.72. The summed E-state index contributed by atoms with van der Waals surface area (Å²) in [5, 5.41) is 14.7. The summed E-state index contributed by atoms with van der Waals surface area (Å²) in [5.74, 6) is 0. The molecule has 0 aliphatic carbocycles. The van der Waals surface area contributed by atoms with Crippen LogP contribution in [0.4, 0.5) is 0 Å². The smallest absolute Gasteiger partial charge is 0.136 e. The molecule has 6 aromatic carbocycles. The van der Waals surface area contributed by atoms with Gasteiger partial charge in [0.25, 0.3) is 0 Å². The molecule has 8 rings (SSSR count). The average Bonchev–Trinajstić information content (AvgIpc) is 3.58. The molecule has 0 spiro atoms. The summed E-state index contributed by atoms with van der Waals surface area (Å²) in [7, 11) is 0. The predicted molar refractivity (Wildman–Crippen MR) is 168 cm³/mol. The highest BCUT2D eigenvalue weighted by Crippen LogP contribution is 2.42. The molecule has 2 heterocycles. The van der Waals surface area contributed by atoms with E-state index < -0.39 is 0 Å². The number of nitriles is 1. The summed E-state index contributed by atoms with van der Waals surface area (Å²) in [4.78, 5) is 0. The van der Waals surface area contributed by atoms with Crippen molar-refractivity contribution in [3.63, 3.8) is 0 Å². The number of thiophene rings is 1. The maximum Gasteiger partial charge on any atom is 0.136 e. The number of furan rings is 1. The van der Waals surface area contributed by atoms with E-state index in [4.69, 9.17) is 4.42 Å². The van der Waals surface area contributed by atoms with Crippen LogP contribution in [0.1, 0.15) is 5.56 Å². The van der Waals surface area contributed by atoms with Crippen molar-refractivity contribution in [2.75, 3.05) is 0 Å². The molecule has 8 aromatic rings. The molecule has 0 N–H and O–H groups in total. The van der Waals surface area contributed by atoms with Crippen molar-refractivity contribution >= 4 is 53.4 Å². The van der Waals surface area contributed by atoms with Crippen LogP contribution in [-0.4, -0.2) is 0 Å². The van der Waals surface area contributed by atoms with Crippen molar-refractivity contribution in [3.05, 3.63) is 133 Å². The van der Waals surface area contributed by atoms with Crippen LogP contribution in [-0.2, 0) is 0 Å². The second-order valence-corrected chi connectivity index (χ2v) is 11.1. The number of rotatable bonds is 3. The number of hydrogen-bond acceptors (Lipinski definition) is 3. The second kappa shape index (κ2) is 8.95. The van der Waals surface area contributed by atoms with Gasteiger partial charge in [-0.15, -0.1) is 11.3 Å². The van der Waals surface area contributed by atoms with Gasteiger partial charge in [-0.1, -0.05) is 78.9 Å². The van der Waals surface area contributed by atoms with Crippen molar-refractivity contribution in [3.8, 4) is 39.4 Å². The second-order valence-electron chi connectivity index (χ2n) is 10.0. The number of nitrogens with zero attached hydrogens (tertiary/aromatic N) is 1. The van der Waals surface area contributed by atoms with Gasteiger partial charge in [-0.2, -0.15) is 5.26 Å². The Morgan fingerprint density at radius 1 is 0.500 bits per heavy atom. The van der Waals surface area contributed by atoms with E-state index in [1.807, 2.05) is 53.8 Å². The van der Waals surface area contributed by atoms with Gasteiger partial charge in [0.1, 0.15) is 11.2 Å². The maximum atomic E-state index is 9.90. The lowest BCUT2D eigenvalue weighted by molar-refractivity contribution is 0.669. The Morgan fingerprint density at radius 3 is 2.08 bits per heavy atom. The highest BCUT2D eigenvalue weighted by Gasteiger charge is 2.15. The third-order valence-corrected chi connectivity index (χ3v) is 8.94. The van der Waals surface area contributed by atoms with E-state index in [2.05, 4.69) is 91.0 Å². The minimum absolute atomic E-state index is 0.665. The normalized spacial score (nSPS) is 11.5. The molecule has 0 radical (unpaired) electrons. The van der Waals surface area contributed by atoms with Gasteiger partial charge >= 0.3 is 0 Å². The predicted octanol–water partition coefficient (Wildman–Crippen LogP) is 10.8. The summed E-state index contributed by atoms with van der Waals surface area (Å²) in [6.45, 7) is 0. The Balaban J connectivity index is 1.39. The van der Waals surface area contributed by atoms with E-state index in [9.17, 15) is 5.26 Å². The molecule has 3 heteroatoms. The van der Waals surface area contributed by atoms with E-state index in [1.54, 1.807) is 0 Å².